The molecule has 1 amide bonds. The van der Waals surface area contributed by atoms with Crippen molar-refractivity contribution in [2.75, 3.05) is 7.05 Å². The van der Waals surface area contributed by atoms with Crippen LogP contribution in [0.5, 0.6) is 0 Å². The molecule has 8 heteroatoms. The molecule has 0 saturated heterocycles. The number of aromatic nitrogens is 1. The standard InChI is InChI=1S/C16H24N2O5S/c1-9(2)11(18(6)15(22)23-16(3,4)5)7-12(19)13-17-10(8-24-13)14(20)21/h8-9,11H,7H2,1-6H3,(H,20,21). The van der Waals surface area contributed by atoms with Gasteiger partial charge in [0.2, 0.25) is 0 Å². The smallest absolute Gasteiger partial charge is 0.410 e. The number of carboxylic acids is 1. The van der Waals surface area contributed by atoms with Gasteiger partial charge < -0.3 is 14.7 Å². The fourth-order valence-corrected chi connectivity index (χ4v) is 2.81. The van der Waals surface area contributed by atoms with Gasteiger partial charge in [0.1, 0.15) is 5.60 Å². The summed E-state index contributed by atoms with van der Waals surface area (Å²) in [5.41, 5.74) is -0.771. The van der Waals surface area contributed by atoms with Gasteiger partial charge in [0, 0.05) is 24.9 Å². The Labute approximate surface area is 145 Å². The molecule has 1 rings (SSSR count). The van der Waals surface area contributed by atoms with E-state index in [0.717, 1.165) is 11.3 Å². The Morgan fingerprint density at radius 3 is 2.33 bits per heavy atom. The van der Waals surface area contributed by atoms with Crippen molar-refractivity contribution in [2.24, 2.45) is 5.92 Å². The van der Waals surface area contributed by atoms with Crippen LogP contribution in [0.3, 0.4) is 0 Å². The molecule has 7 nitrogen and oxygen atoms in total. The molecule has 1 N–H and O–H groups in total. The minimum absolute atomic E-state index is 0.0189. The minimum Gasteiger partial charge on any atom is -0.476 e. The van der Waals surface area contributed by atoms with Crippen molar-refractivity contribution in [2.45, 2.75) is 52.7 Å². The lowest BCUT2D eigenvalue weighted by Crippen LogP contribution is -2.44. The molecule has 134 valence electrons. The number of ether oxygens (including phenoxy) is 1. The van der Waals surface area contributed by atoms with Gasteiger partial charge in [-0.3, -0.25) is 4.79 Å². The number of hydrogen-bond donors (Lipinski definition) is 1. The third-order valence-corrected chi connectivity index (χ3v) is 4.19. The number of hydrogen-bond acceptors (Lipinski definition) is 6. The Morgan fingerprint density at radius 1 is 1.33 bits per heavy atom. The van der Waals surface area contributed by atoms with Crippen LogP contribution in [0, 0.1) is 5.92 Å². The summed E-state index contributed by atoms with van der Waals surface area (Å²) in [5.74, 6) is -1.44. The van der Waals surface area contributed by atoms with E-state index in [-0.39, 0.29) is 34.9 Å². The van der Waals surface area contributed by atoms with E-state index in [1.54, 1.807) is 27.8 Å². The van der Waals surface area contributed by atoms with Gasteiger partial charge in [0.25, 0.3) is 0 Å². The number of carbonyl (C=O) groups excluding carboxylic acids is 2. The molecule has 0 radical (unpaired) electrons. The van der Waals surface area contributed by atoms with Crippen LogP contribution in [0.25, 0.3) is 0 Å². The second-order valence-corrected chi connectivity index (χ2v) is 7.73. The molecule has 1 unspecified atom stereocenters. The summed E-state index contributed by atoms with van der Waals surface area (Å²) in [7, 11) is 1.59. The third-order valence-electron chi connectivity index (χ3n) is 3.30. The van der Waals surface area contributed by atoms with E-state index >= 15 is 0 Å². The van der Waals surface area contributed by atoms with Gasteiger partial charge in [0.05, 0.1) is 0 Å². The van der Waals surface area contributed by atoms with Gasteiger partial charge in [-0.25, -0.2) is 14.6 Å². The van der Waals surface area contributed by atoms with Crippen LogP contribution in [0.1, 0.15) is 61.3 Å². The first-order valence-electron chi connectivity index (χ1n) is 7.60. The normalized spacial score (nSPS) is 12.8. The van der Waals surface area contributed by atoms with Gasteiger partial charge in [-0.05, 0) is 26.7 Å². The molecule has 0 aromatic carbocycles. The highest BCUT2D eigenvalue weighted by Gasteiger charge is 2.30. The van der Waals surface area contributed by atoms with Crippen molar-refractivity contribution in [3.8, 4) is 0 Å². The highest BCUT2D eigenvalue weighted by atomic mass is 32.1. The first-order chi connectivity index (χ1) is 10.9. The number of Topliss-reactive ketones (excluding diaryl/α,β-unsaturated/α-hetero) is 1. The fourth-order valence-electron chi connectivity index (χ4n) is 2.07. The molecule has 0 saturated carbocycles. The molecule has 0 aliphatic heterocycles. The van der Waals surface area contributed by atoms with E-state index in [0.29, 0.717) is 0 Å². The van der Waals surface area contributed by atoms with Gasteiger partial charge in [-0.1, -0.05) is 13.8 Å². The summed E-state index contributed by atoms with van der Waals surface area (Å²) >= 11 is 0.994. The maximum absolute atomic E-state index is 12.4. The molecule has 0 fully saturated rings. The van der Waals surface area contributed by atoms with Crippen LogP contribution >= 0.6 is 11.3 Å². The predicted octanol–water partition coefficient (Wildman–Crippen LogP) is 3.31. The molecular formula is C16H24N2O5S. The topological polar surface area (TPSA) is 96.8 Å². The Balaban J connectivity index is 2.86. The summed E-state index contributed by atoms with van der Waals surface area (Å²) in [4.78, 5) is 40.7. The zero-order valence-electron chi connectivity index (χ0n) is 14.8. The zero-order valence-corrected chi connectivity index (χ0v) is 15.6. The van der Waals surface area contributed by atoms with E-state index in [9.17, 15) is 14.4 Å². The van der Waals surface area contributed by atoms with Gasteiger partial charge in [-0.2, -0.15) is 0 Å². The molecule has 0 aliphatic carbocycles. The average molecular weight is 356 g/mol. The Bertz CT molecular complexity index is 618. The monoisotopic (exact) mass is 356 g/mol. The van der Waals surface area contributed by atoms with Crippen LogP contribution < -0.4 is 0 Å². The number of rotatable bonds is 6. The Hall–Kier alpha value is -1.96. The zero-order chi connectivity index (χ0) is 18.7. The van der Waals surface area contributed by atoms with Crippen molar-refractivity contribution in [3.63, 3.8) is 0 Å². The van der Waals surface area contributed by atoms with Crippen molar-refractivity contribution in [1.29, 1.82) is 0 Å². The molecule has 0 spiro atoms. The van der Waals surface area contributed by atoms with Crippen LogP contribution in [0.4, 0.5) is 4.79 Å². The number of nitrogens with zero attached hydrogens (tertiary/aromatic N) is 2. The summed E-state index contributed by atoms with van der Waals surface area (Å²) in [6, 6.07) is -0.371. The molecule has 1 aromatic heterocycles. The fraction of sp³-hybridized carbons (Fsp3) is 0.625. The van der Waals surface area contributed by atoms with E-state index in [1.807, 2.05) is 13.8 Å². The van der Waals surface area contributed by atoms with Crippen molar-refractivity contribution < 1.29 is 24.2 Å². The quantitative estimate of drug-likeness (QED) is 0.786. The molecule has 24 heavy (non-hydrogen) atoms. The average Bonchev–Trinajstić information content (AvgIpc) is 2.91. The first-order valence-corrected chi connectivity index (χ1v) is 8.48. The van der Waals surface area contributed by atoms with E-state index < -0.39 is 17.7 Å². The van der Waals surface area contributed by atoms with Crippen LogP contribution in [-0.2, 0) is 4.74 Å². The Morgan fingerprint density at radius 2 is 1.92 bits per heavy atom. The lowest BCUT2D eigenvalue weighted by molar-refractivity contribution is 0.0173. The van der Waals surface area contributed by atoms with Crippen LogP contribution in [0.15, 0.2) is 5.38 Å². The second-order valence-electron chi connectivity index (χ2n) is 6.87. The van der Waals surface area contributed by atoms with Gasteiger partial charge in [0.15, 0.2) is 16.5 Å². The van der Waals surface area contributed by atoms with Crippen molar-refractivity contribution >= 4 is 29.2 Å². The maximum Gasteiger partial charge on any atom is 0.410 e. The molecule has 0 aliphatic rings. The van der Waals surface area contributed by atoms with Crippen molar-refractivity contribution in [3.05, 3.63) is 16.1 Å². The number of amides is 1. The number of carboxylic acid groups (broad SMARTS) is 1. The molecule has 1 atom stereocenters. The molecular weight excluding hydrogens is 332 g/mol. The second kappa shape index (κ2) is 7.74. The van der Waals surface area contributed by atoms with Crippen LogP contribution in [-0.4, -0.2) is 51.5 Å². The number of carbonyl (C=O) groups is 3. The van der Waals surface area contributed by atoms with Crippen molar-refractivity contribution in [1.82, 2.24) is 9.88 Å². The Kier molecular flexibility index (Phi) is 6.48. The number of ketones is 1. The maximum atomic E-state index is 12.4. The number of aromatic carboxylic acids is 1. The minimum atomic E-state index is -1.17. The molecule has 1 heterocycles. The summed E-state index contributed by atoms with van der Waals surface area (Å²) in [6.07, 6.45) is -0.445. The van der Waals surface area contributed by atoms with E-state index in [2.05, 4.69) is 4.98 Å². The third kappa shape index (κ3) is 5.59. The summed E-state index contributed by atoms with van der Waals surface area (Å²) in [5, 5.41) is 10.3. The lowest BCUT2D eigenvalue weighted by Gasteiger charge is -2.32. The summed E-state index contributed by atoms with van der Waals surface area (Å²) < 4.78 is 5.34. The largest absolute Gasteiger partial charge is 0.476 e. The highest BCUT2D eigenvalue weighted by Crippen LogP contribution is 2.21. The SMILES string of the molecule is CC(C)C(CC(=O)c1nc(C(=O)O)cs1)N(C)C(=O)OC(C)(C)C. The van der Waals surface area contributed by atoms with E-state index in [1.165, 1.54) is 10.3 Å². The summed E-state index contributed by atoms with van der Waals surface area (Å²) in [6.45, 7) is 9.14. The predicted molar refractivity (Wildman–Crippen MR) is 90.6 cm³/mol. The lowest BCUT2D eigenvalue weighted by atomic mass is 9.97. The highest BCUT2D eigenvalue weighted by molar-refractivity contribution is 7.11. The van der Waals surface area contributed by atoms with E-state index in [4.69, 9.17) is 9.84 Å². The molecule has 0 bridgehead atoms. The first kappa shape index (κ1) is 20.1. The molecule has 1 aromatic rings. The van der Waals surface area contributed by atoms with Crippen LogP contribution in [0.2, 0.25) is 0 Å². The van der Waals surface area contributed by atoms with Gasteiger partial charge in [-0.15, -0.1) is 11.3 Å². The number of thiazole rings is 1. The van der Waals surface area contributed by atoms with Gasteiger partial charge >= 0.3 is 12.1 Å².